The van der Waals surface area contributed by atoms with Crippen molar-refractivity contribution in [3.8, 4) is 0 Å². The lowest BCUT2D eigenvalue weighted by molar-refractivity contribution is 0.0618. The Labute approximate surface area is 123 Å². The molecule has 1 N–H and O–H groups in total. The van der Waals surface area contributed by atoms with Crippen molar-refractivity contribution in [2.24, 2.45) is 0 Å². The SMILES string of the molecule is CCCn1nncc1C1(O)CCS(=O)(=O)c2ccccc21. The second kappa shape index (κ2) is 4.92. The molecule has 0 bridgehead atoms. The fraction of sp³-hybridized carbons (Fsp3) is 0.429. The van der Waals surface area contributed by atoms with Crippen LogP contribution in [0.25, 0.3) is 0 Å². The Bertz CT molecular complexity index is 769. The maximum atomic E-state index is 12.2. The van der Waals surface area contributed by atoms with E-state index in [2.05, 4.69) is 10.3 Å². The molecule has 0 amide bonds. The molecule has 1 aromatic carbocycles. The van der Waals surface area contributed by atoms with Crippen molar-refractivity contribution < 1.29 is 13.5 Å². The molecule has 1 unspecified atom stereocenters. The van der Waals surface area contributed by atoms with Gasteiger partial charge in [0.2, 0.25) is 0 Å². The van der Waals surface area contributed by atoms with Gasteiger partial charge in [0.25, 0.3) is 0 Å². The number of benzene rings is 1. The molecule has 0 radical (unpaired) electrons. The van der Waals surface area contributed by atoms with Crippen LogP contribution in [0, 0.1) is 0 Å². The largest absolute Gasteiger partial charge is 0.379 e. The topological polar surface area (TPSA) is 85.1 Å². The highest BCUT2D eigenvalue weighted by Crippen LogP contribution is 2.41. The van der Waals surface area contributed by atoms with E-state index in [1.54, 1.807) is 28.9 Å². The Morgan fingerprint density at radius 1 is 1.38 bits per heavy atom. The summed E-state index contributed by atoms with van der Waals surface area (Å²) in [6, 6.07) is 6.61. The molecule has 7 heteroatoms. The zero-order valence-corrected chi connectivity index (χ0v) is 12.5. The first-order chi connectivity index (χ1) is 9.99. The van der Waals surface area contributed by atoms with Crippen molar-refractivity contribution in [3.05, 3.63) is 41.7 Å². The van der Waals surface area contributed by atoms with Gasteiger partial charge in [-0.2, -0.15) is 0 Å². The van der Waals surface area contributed by atoms with E-state index in [-0.39, 0.29) is 17.1 Å². The lowest BCUT2D eigenvalue weighted by Crippen LogP contribution is -2.38. The molecule has 0 saturated heterocycles. The monoisotopic (exact) mass is 307 g/mol. The number of aryl methyl sites for hydroxylation is 1. The number of aliphatic hydroxyl groups is 1. The number of sulfone groups is 1. The van der Waals surface area contributed by atoms with Crippen LogP contribution in [-0.4, -0.2) is 34.3 Å². The van der Waals surface area contributed by atoms with Crippen LogP contribution in [0.1, 0.15) is 31.0 Å². The van der Waals surface area contributed by atoms with E-state index < -0.39 is 15.4 Å². The van der Waals surface area contributed by atoms with E-state index in [1.165, 1.54) is 6.20 Å². The van der Waals surface area contributed by atoms with Gasteiger partial charge in [0, 0.05) is 18.5 Å². The average Bonchev–Trinajstić information content (AvgIpc) is 2.93. The molecular weight excluding hydrogens is 290 g/mol. The smallest absolute Gasteiger partial charge is 0.178 e. The molecule has 1 aliphatic heterocycles. The number of hydrogen-bond donors (Lipinski definition) is 1. The fourth-order valence-electron chi connectivity index (χ4n) is 2.83. The minimum Gasteiger partial charge on any atom is -0.379 e. The van der Waals surface area contributed by atoms with E-state index in [0.717, 1.165) is 6.42 Å². The fourth-order valence-corrected chi connectivity index (χ4v) is 4.47. The number of nitrogens with zero attached hydrogens (tertiary/aromatic N) is 3. The maximum absolute atomic E-state index is 12.2. The van der Waals surface area contributed by atoms with E-state index in [4.69, 9.17) is 0 Å². The second-order valence-corrected chi connectivity index (χ2v) is 7.35. The van der Waals surface area contributed by atoms with Crippen LogP contribution in [0.4, 0.5) is 0 Å². The predicted molar refractivity (Wildman–Crippen MR) is 76.4 cm³/mol. The van der Waals surface area contributed by atoms with Crippen LogP contribution in [0.15, 0.2) is 35.4 Å². The Hall–Kier alpha value is -1.73. The van der Waals surface area contributed by atoms with Gasteiger partial charge in [-0.15, -0.1) is 5.10 Å². The zero-order chi connectivity index (χ0) is 15.1. The number of hydrogen-bond acceptors (Lipinski definition) is 5. The zero-order valence-electron chi connectivity index (χ0n) is 11.7. The average molecular weight is 307 g/mol. The highest BCUT2D eigenvalue weighted by molar-refractivity contribution is 7.91. The van der Waals surface area contributed by atoms with Crippen LogP contribution in [-0.2, 0) is 22.0 Å². The van der Waals surface area contributed by atoms with Crippen molar-refractivity contribution in [2.45, 2.75) is 36.8 Å². The molecule has 6 nitrogen and oxygen atoms in total. The van der Waals surface area contributed by atoms with Crippen molar-refractivity contribution in [1.29, 1.82) is 0 Å². The molecule has 21 heavy (non-hydrogen) atoms. The van der Waals surface area contributed by atoms with Crippen LogP contribution in [0.5, 0.6) is 0 Å². The van der Waals surface area contributed by atoms with Gasteiger partial charge < -0.3 is 5.11 Å². The van der Waals surface area contributed by atoms with Gasteiger partial charge in [-0.05, 0) is 12.5 Å². The van der Waals surface area contributed by atoms with Crippen molar-refractivity contribution in [3.63, 3.8) is 0 Å². The summed E-state index contributed by atoms with van der Waals surface area (Å²) >= 11 is 0. The molecular formula is C14H17N3O3S. The van der Waals surface area contributed by atoms with Gasteiger partial charge in [0.15, 0.2) is 9.84 Å². The molecule has 112 valence electrons. The quantitative estimate of drug-likeness (QED) is 0.918. The molecule has 2 heterocycles. The summed E-state index contributed by atoms with van der Waals surface area (Å²) in [4.78, 5) is 0.197. The summed E-state index contributed by atoms with van der Waals surface area (Å²) < 4.78 is 26.0. The Balaban J connectivity index is 2.20. The summed E-state index contributed by atoms with van der Waals surface area (Å²) in [5.74, 6) is -0.0855. The van der Waals surface area contributed by atoms with Gasteiger partial charge >= 0.3 is 0 Å². The van der Waals surface area contributed by atoms with E-state index in [9.17, 15) is 13.5 Å². The lowest BCUT2D eigenvalue weighted by atomic mass is 9.87. The van der Waals surface area contributed by atoms with Crippen molar-refractivity contribution in [2.75, 3.05) is 5.75 Å². The van der Waals surface area contributed by atoms with Crippen molar-refractivity contribution in [1.82, 2.24) is 15.0 Å². The van der Waals surface area contributed by atoms with E-state index in [1.807, 2.05) is 6.92 Å². The minimum atomic E-state index is -3.34. The van der Waals surface area contributed by atoms with Gasteiger partial charge in [-0.25, -0.2) is 13.1 Å². The molecule has 2 aromatic rings. The van der Waals surface area contributed by atoms with Gasteiger partial charge in [0.05, 0.1) is 22.5 Å². The molecule has 1 aliphatic rings. The third kappa shape index (κ3) is 2.16. The number of aromatic nitrogens is 3. The van der Waals surface area contributed by atoms with Crippen molar-refractivity contribution >= 4 is 9.84 Å². The number of rotatable bonds is 3. The van der Waals surface area contributed by atoms with E-state index >= 15 is 0 Å². The summed E-state index contributed by atoms with van der Waals surface area (Å²) in [6.07, 6.45) is 2.49. The van der Waals surface area contributed by atoms with Gasteiger partial charge in [-0.1, -0.05) is 30.3 Å². The summed E-state index contributed by atoms with van der Waals surface area (Å²) in [6.45, 7) is 2.64. The molecule has 3 rings (SSSR count). The molecule has 1 aromatic heterocycles. The molecule has 0 fully saturated rings. The number of fused-ring (bicyclic) bond motifs is 1. The Morgan fingerprint density at radius 2 is 2.14 bits per heavy atom. The van der Waals surface area contributed by atoms with E-state index in [0.29, 0.717) is 17.8 Å². The third-order valence-electron chi connectivity index (χ3n) is 3.88. The van der Waals surface area contributed by atoms with Crippen LogP contribution >= 0.6 is 0 Å². The summed E-state index contributed by atoms with van der Waals surface area (Å²) in [7, 11) is -3.34. The minimum absolute atomic E-state index is 0.0855. The highest BCUT2D eigenvalue weighted by atomic mass is 32.2. The van der Waals surface area contributed by atoms with Crippen LogP contribution in [0.2, 0.25) is 0 Å². The highest BCUT2D eigenvalue weighted by Gasteiger charge is 2.44. The Morgan fingerprint density at radius 3 is 2.90 bits per heavy atom. The summed E-state index contributed by atoms with van der Waals surface area (Å²) in [5, 5.41) is 19.0. The Kier molecular flexibility index (Phi) is 3.33. The second-order valence-electron chi connectivity index (χ2n) is 5.27. The molecule has 0 aliphatic carbocycles. The van der Waals surface area contributed by atoms with Gasteiger partial charge in [-0.3, -0.25) is 0 Å². The third-order valence-corrected chi connectivity index (χ3v) is 5.64. The first-order valence-corrected chi connectivity index (χ1v) is 8.58. The molecule has 1 atom stereocenters. The lowest BCUT2D eigenvalue weighted by Gasteiger charge is -2.34. The summed E-state index contributed by atoms with van der Waals surface area (Å²) in [5.41, 5.74) is -0.400. The van der Waals surface area contributed by atoms with Gasteiger partial charge in [0.1, 0.15) is 5.60 Å². The van der Waals surface area contributed by atoms with Crippen LogP contribution in [0.3, 0.4) is 0 Å². The van der Waals surface area contributed by atoms with Crippen LogP contribution < -0.4 is 0 Å². The standard InChI is InChI=1S/C14H17N3O3S/c1-2-8-17-13(10-15-16-17)14(18)7-9-21(19,20)12-6-4-3-5-11(12)14/h3-6,10,18H,2,7-9H2,1H3. The maximum Gasteiger partial charge on any atom is 0.178 e. The first kappa shape index (κ1) is 14.2. The predicted octanol–water partition coefficient (Wildman–Crippen LogP) is 1.10. The molecule has 0 spiro atoms. The normalized spacial score (nSPS) is 23.7. The first-order valence-electron chi connectivity index (χ1n) is 6.92. The molecule has 0 saturated carbocycles.